The van der Waals surface area contributed by atoms with Crippen molar-refractivity contribution in [2.45, 2.75) is 77.4 Å². The lowest BCUT2D eigenvalue weighted by atomic mass is 9.85. The summed E-state index contributed by atoms with van der Waals surface area (Å²) in [5, 5.41) is 6.11. The van der Waals surface area contributed by atoms with E-state index in [1.54, 1.807) is 11.8 Å². The van der Waals surface area contributed by atoms with Crippen LogP contribution in [-0.2, 0) is 14.3 Å². The molecule has 4 unspecified atom stereocenters. The first-order valence-electron chi connectivity index (χ1n) is 12.1. The molecule has 7 nitrogen and oxygen atoms in total. The Morgan fingerprint density at radius 2 is 1.75 bits per heavy atom. The van der Waals surface area contributed by atoms with Crippen molar-refractivity contribution in [1.29, 1.82) is 0 Å². The van der Waals surface area contributed by atoms with Crippen molar-refractivity contribution in [2.75, 3.05) is 13.2 Å². The van der Waals surface area contributed by atoms with Crippen LogP contribution in [0, 0.1) is 11.8 Å². The number of hydrogen-bond donors (Lipinski definition) is 2. The van der Waals surface area contributed by atoms with Crippen LogP contribution in [0.1, 0.15) is 70.9 Å². The molecule has 0 aromatic heterocycles. The molecule has 2 aliphatic rings. The quantitative estimate of drug-likeness (QED) is 0.628. The van der Waals surface area contributed by atoms with Gasteiger partial charge >= 0.3 is 12.0 Å². The van der Waals surface area contributed by atoms with Crippen molar-refractivity contribution in [3.8, 4) is 0 Å². The minimum atomic E-state index is -0.746. The van der Waals surface area contributed by atoms with Gasteiger partial charge in [-0.3, -0.25) is 9.59 Å². The Kier molecular flexibility index (Phi) is 8.53. The smallest absolute Gasteiger partial charge is 0.318 e. The van der Waals surface area contributed by atoms with Crippen molar-refractivity contribution in [3.63, 3.8) is 0 Å². The number of benzene rings is 1. The van der Waals surface area contributed by atoms with Crippen molar-refractivity contribution in [3.05, 3.63) is 35.9 Å². The van der Waals surface area contributed by atoms with E-state index < -0.39 is 18.0 Å². The van der Waals surface area contributed by atoms with E-state index in [0.717, 1.165) is 37.7 Å². The van der Waals surface area contributed by atoms with Crippen LogP contribution >= 0.6 is 0 Å². The molecule has 0 radical (unpaired) electrons. The third kappa shape index (κ3) is 5.25. The average molecular weight is 444 g/mol. The second-order valence-electron chi connectivity index (χ2n) is 8.92. The van der Waals surface area contributed by atoms with Crippen LogP contribution in [0.2, 0.25) is 0 Å². The van der Waals surface area contributed by atoms with E-state index in [9.17, 15) is 14.4 Å². The van der Waals surface area contributed by atoms with E-state index in [4.69, 9.17) is 4.74 Å². The highest BCUT2D eigenvalue weighted by Gasteiger charge is 2.56. The van der Waals surface area contributed by atoms with Gasteiger partial charge in [0.25, 0.3) is 0 Å². The molecule has 32 heavy (non-hydrogen) atoms. The Bertz CT molecular complexity index is 779. The number of carbonyl (C=O) groups excluding carboxylic acids is 3. The molecule has 7 heteroatoms. The Morgan fingerprint density at radius 3 is 2.38 bits per heavy atom. The summed E-state index contributed by atoms with van der Waals surface area (Å²) in [6, 6.07) is 8.03. The van der Waals surface area contributed by atoms with Crippen molar-refractivity contribution in [2.24, 2.45) is 11.8 Å². The van der Waals surface area contributed by atoms with Gasteiger partial charge in [-0.2, -0.15) is 0 Å². The number of likely N-dealkylation sites (tertiary alicyclic amines) is 1. The summed E-state index contributed by atoms with van der Waals surface area (Å²) < 4.78 is 5.41. The number of carbonyl (C=O) groups is 3. The van der Waals surface area contributed by atoms with Crippen LogP contribution in [0.5, 0.6) is 0 Å². The number of amides is 3. The number of nitrogens with one attached hydrogen (secondary N) is 2. The van der Waals surface area contributed by atoms with Crippen molar-refractivity contribution in [1.82, 2.24) is 15.5 Å². The predicted molar refractivity (Wildman–Crippen MR) is 123 cm³/mol. The average Bonchev–Trinajstić information content (AvgIpc) is 3.12. The second kappa shape index (κ2) is 11.3. The third-order valence-electron chi connectivity index (χ3n) is 6.69. The number of ether oxygens (including phenoxy) is 1. The number of rotatable bonds is 7. The maximum Gasteiger partial charge on any atom is 0.318 e. The summed E-state index contributed by atoms with van der Waals surface area (Å²) >= 11 is 0. The van der Waals surface area contributed by atoms with E-state index in [1.807, 2.05) is 44.2 Å². The monoisotopic (exact) mass is 443 g/mol. The normalized spacial score (nSPS) is 25.9. The molecule has 1 aliphatic carbocycles. The summed E-state index contributed by atoms with van der Waals surface area (Å²) in [4.78, 5) is 41.6. The highest BCUT2D eigenvalue weighted by atomic mass is 16.5. The second-order valence-corrected chi connectivity index (χ2v) is 8.92. The Morgan fingerprint density at radius 1 is 1.06 bits per heavy atom. The Labute approximate surface area is 191 Å². The van der Waals surface area contributed by atoms with Gasteiger partial charge in [0, 0.05) is 18.5 Å². The molecular weight excluding hydrogens is 406 g/mol. The minimum Gasteiger partial charge on any atom is -0.466 e. The lowest BCUT2D eigenvalue weighted by molar-refractivity contribution is -0.150. The molecule has 1 saturated heterocycles. The molecule has 2 fully saturated rings. The molecule has 1 heterocycles. The SMILES string of the molecule is CCCNC(=O)C1C(C)C(C(=O)OCC)C(c2ccccc2)N1C(=O)NC1CCCCC1. The number of nitrogens with zero attached hydrogens (tertiary/aromatic N) is 1. The van der Waals surface area contributed by atoms with Crippen LogP contribution in [0.3, 0.4) is 0 Å². The van der Waals surface area contributed by atoms with Gasteiger partial charge in [-0.1, -0.05) is 63.4 Å². The molecular formula is C25H37N3O4. The van der Waals surface area contributed by atoms with Crippen LogP contribution in [0.25, 0.3) is 0 Å². The van der Waals surface area contributed by atoms with Gasteiger partial charge in [0.15, 0.2) is 0 Å². The van der Waals surface area contributed by atoms with Gasteiger partial charge in [-0.15, -0.1) is 0 Å². The van der Waals surface area contributed by atoms with Crippen LogP contribution in [-0.4, -0.2) is 48.0 Å². The molecule has 1 aliphatic heterocycles. The summed E-state index contributed by atoms with van der Waals surface area (Å²) in [6.07, 6.45) is 6.06. The molecule has 3 amide bonds. The highest BCUT2D eigenvalue weighted by Crippen LogP contribution is 2.45. The standard InChI is InChI=1S/C25H37N3O4/c1-4-16-26-23(29)21-17(3)20(24(30)32-5-2)22(18-12-8-6-9-13-18)28(21)25(31)27-19-14-10-7-11-15-19/h6,8-9,12-13,17,19-22H,4-5,7,10-11,14-16H2,1-3H3,(H,26,29)(H,27,31). The fourth-order valence-electron chi connectivity index (χ4n) is 5.15. The lowest BCUT2D eigenvalue weighted by Crippen LogP contribution is -2.53. The zero-order valence-electron chi connectivity index (χ0n) is 19.5. The van der Waals surface area contributed by atoms with E-state index in [2.05, 4.69) is 10.6 Å². The molecule has 0 bridgehead atoms. The Balaban J connectivity index is 2.00. The van der Waals surface area contributed by atoms with Crippen LogP contribution in [0.15, 0.2) is 30.3 Å². The number of urea groups is 1. The van der Waals surface area contributed by atoms with Crippen molar-refractivity contribution >= 4 is 17.9 Å². The van der Waals surface area contributed by atoms with E-state index in [1.165, 1.54) is 6.42 Å². The summed E-state index contributed by atoms with van der Waals surface area (Å²) in [6.45, 7) is 6.42. The van der Waals surface area contributed by atoms with E-state index >= 15 is 0 Å². The van der Waals surface area contributed by atoms with Gasteiger partial charge in [-0.05, 0) is 31.7 Å². The maximum atomic E-state index is 13.6. The van der Waals surface area contributed by atoms with E-state index in [-0.39, 0.29) is 36.5 Å². The molecule has 3 rings (SSSR count). The maximum absolute atomic E-state index is 13.6. The zero-order valence-corrected chi connectivity index (χ0v) is 19.5. The van der Waals surface area contributed by atoms with Crippen LogP contribution in [0.4, 0.5) is 4.79 Å². The third-order valence-corrected chi connectivity index (χ3v) is 6.69. The summed E-state index contributed by atoms with van der Waals surface area (Å²) in [5.41, 5.74) is 0.835. The van der Waals surface area contributed by atoms with Gasteiger partial charge < -0.3 is 20.3 Å². The molecule has 0 spiro atoms. The minimum absolute atomic E-state index is 0.101. The molecule has 4 atom stereocenters. The molecule has 1 saturated carbocycles. The molecule has 1 aromatic carbocycles. The first-order chi connectivity index (χ1) is 15.5. The number of hydrogen-bond acceptors (Lipinski definition) is 4. The van der Waals surface area contributed by atoms with Crippen LogP contribution < -0.4 is 10.6 Å². The predicted octanol–water partition coefficient (Wildman–Crippen LogP) is 3.80. The Hall–Kier alpha value is -2.57. The highest BCUT2D eigenvalue weighted by molar-refractivity contribution is 5.91. The van der Waals surface area contributed by atoms with Gasteiger partial charge in [0.1, 0.15) is 6.04 Å². The topological polar surface area (TPSA) is 87.7 Å². The molecule has 1 aromatic rings. The zero-order chi connectivity index (χ0) is 23.1. The fraction of sp³-hybridized carbons (Fsp3) is 0.640. The van der Waals surface area contributed by atoms with Gasteiger partial charge in [-0.25, -0.2) is 4.79 Å². The molecule has 2 N–H and O–H groups in total. The lowest BCUT2D eigenvalue weighted by Gasteiger charge is -2.33. The van der Waals surface area contributed by atoms with Crippen molar-refractivity contribution < 1.29 is 19.1 Å². The van der Waals surface area contributed by atoms with E-state index in [0.29, 0.717) is 6.54 Å². The summed E-state index contributed by atoms with van der Waals surface area (Å²) in [7, 11) is 0. The number of esters is 1. The fourth-order valence-corrected chi connectivity index (χ4v) is 5.15. The first-order valence-corrected chi connectivity index (χ1v) is 12.1. The van der Waals surface area contributed by atoms with Gasteiger partial charge in [0.2, 0.25) is 5.91 Å². The summed E-state index contributed by atoms with van der Waals surface area (Å²) in [5.74, 6) is -1.58. The molecule has 176 valence electrons. The largest absolute Gasteiger partial charge is 0.466 e. The van der Waals surface area contributed by atoms with Gasteiger partial charge in [0.05, 0.1) is 18.6 Å². The first kappa shape index (κ1) is 24.1.